The Hall–Kier alpha value is -1.31. The summed E-state index contributed by atoms with van der Waals surface area (Å²) in [6, 6.07) is 5.48. The second-order valence-electron chi connectivity index (χ2n) is 4.33. The fourth-order valence-corrected chi connectivity index (χ4v) is 2.10. The number of nitriles is 1. The third kappa shape index (κ3) is 3.88. The number of nitrogens with one attached hydrogen (secondary N) is 1. The Morgan fingerprint density at radius 2 is 2.24 bits per heavy atom. The van der Waals surface area contributed by atoms with Crippen LogP contribution in [0.2, 0.25) is 0 Å². The highest BCUT2D eigenvalue weighted by atomic mass is 16.5. The van der Waals surface area contributed by atoms with Gasteiger partial charge in [0.05, 0.1) is 19.3 Å². The van der Waals surface area contributed by atoms with Crippen molar-refractivity contribution in [2.75, 3.05) is 13.2 Å². The van der Waals surface area contributed by atoms with Crippen LogP contribution in [0.25, 0.3) is 0 Å². The van der Waals surface area contributed by atoms with E-state index in [0.29, 0.717) is 18.4 Å². The molecule has 1 heterocycles. The summed E-state index contributed by atoms with van der Waals surface area (Å²) in [6.07, 6.45) is 5.52. The maximum atomic E-state index is 8.60. The summed E-state index contributed by atoms with van der Waals surface area (Å²) in [6.45, 7) is 2.21. The first-order valence-corrected chi connectivity index (χ1v) is 6.19. The Bertz CT molecular complexity index is 375. The molecule has 0 atom stereocenters. The first-order valence-electron chi connectivity index (χ1n) is 6.19. The molecule has 1 fully saturated rings. The molecule has 1 aromatic rings. The standard InChI is InChI=1S/C13H18N2O2/c14-9-12-5-6-13(17-12)10-15-7-8-16-11-3-1-2-4-11/h5-6,11,15H,1-4,7-8,10H2. The number of hydrogen-bond donors (Lipinski definition) is 1. The molecule has 1 aliphatic rings. The van der Waals surface area contributed by atoms with Gasteiger partial charge in [-0.1, -0.05) is 12.8 Å². The number of nitrogens with zero attached hydrogens (tertiary/aromatic N) is 1. The lowest BCUT2D eigenvalue weighted by Crippen LogP contribution is -2.21. The Balaban J connectivity index is 1.55. The molecule has 0 spiro atoms. The van der Waals surface area contributed by atoms with Gasteiger partial charge in [0.15, 0.2) is 0 Å². The molecule has 4 nitrogen and oxygen atoms in total. The van der Waals surface area contributed by atoms with E-state index in [9.17, 15) is 0 Å². The normalized spacial score (nSPS) is 16.2. The maximum Gasteiger partial charge on any atom is 0.203 e. The van der Waals surface area contributed by atoms with Gasteiger partial charge in [0.1, 0.15) is 11.8 Å². The second-order valence-corrected chi connectivity index (χ2v) is 4.33. The van der Waals surface area contributed by atoms with Gasteiger partial charge in [-0.3, -0.25) is 0 Å². The lowest BCUT2D eigenvalue weighted by Gasteiger charge is -2.10. The Morgan fingerprint density at radius 1 is 1.41 bits per heavy atom. The molecule has 0 bridgehead atoms. The lowest BCUT2D eigenvalue weighted by atomic mass is 10.3. The summed E-state index contributed by atoms with van der Waals surface area (Å²) in [5.41, 5.74) is 0. The van der Waals surface area contributed by atoms with E-state index in [0.717, 1.165) is 18.9 Å². The van der Waals surface area contributed by atoms with Crippen molar-refractivity contribution in [2.45, 2.75) is 38.3 Å². The SMILES string of the molecule is N#Cc1ccc(CNCCOC2CCCC2)o1. The Kier molecular flexibility index (Phi) is 4.60. The van der Waals surface area contributed by atoms with Gasteiger partial charge in [0, 0.05) is 6.54 Å². The zero-order valence-corrected chi connectivity index (χ0v) is 9.95. The summed E-state index contributed by atoms with van der Waals surface area (Å²) in [4.78, 5) is 0. The topological polar surface area (TPSA) is 58.2 Å². The van der Waals surface area contributed by atoms with Crippen molar-refractivity contribution in [1.29, 1.82) is 5.26 Å². The first-order chi connectivity index (χ1) is 8.38. The summed E-state index contributed by atoms with van der Waals surface area (Å²) in [5.74, 6) is 1.16. The Morgan fingerprint density at radius 3 is 2.94 bits per heavy atom. The first kappa shape index (κ1) is 12.2. The average molecular weight is 234 g/mol. The minimum Gasteiger partial charge on any atom is -0.449 e. The van der Waals surface area contributed by atoms with Crippen LogP contribution in [0, 0.1) is 11.3 Å². The van der Waals surface area contributed by atoms with Crippen molar-refractivity contribution >= 4 is 0 Å². The molecule has 0 saturated heterocycles. The van der Waals surface area contributed by atoms with Crippen molar-refractivity contribution in [3.05, 3.63) is 23.7 Å². The second kappa shape index (κ2) is 6.43. The van der Waals surface area contributed by atoms with E-state index in [-0.39, 0.29) is 0 Å². The van der Waals surface area contributed by atoms with E-state index >= 15 is 0 Å². The van der Waals surface area contributed by atoms with Crippen molar-refractivity contribution in [3.63, 3.8) is 0 Å². The van der Waals surface area contributed by atoms with E-state index in [4.69, 9.17) is 14.4 Å². The molecule has 4 heteroatoms. The van der Waals surface area contributed by atoms with Crippen molar-refractivity contribution < 1.29 is 9.15 Å². The molecular weight excluding hydrogens is 216 g/mol. The molecule has 1 aromatic heterocycles. The molecule has 1 N–H and O–H groups in total. The van der Waals surface area contributed by atoms with E-state index in [1.165, 1.54) is 25.7 Å². The van der Waals surface area contributed by atoms with Crippen LogP contribution in [0.1, 0.15) is 37.2 Å². The van der Waals surface area contributed by atoms with Crippen LogP contribution in [-0.2, 0) is 11.3 Å². The molecule has 92 valence electrons. The summed E-state index contributed by atoms with van der Waals surface area (Å²) in [5, 5.41) is 11.8. The fraction of sp³-hybridized carbons (Fsp3) is 0.615. The van der Waals surface area contributed by atoms with Crippen molar-refractivity contribution in [3.8, 4) is 6.07 Å². The molecule has 0 unspecified atom stereocenters. The molecule has 1 aliphatic carbocycles. The van der Waals surface area contributed by atoms with E-state index < -0.39 is 0 Å². The Labute approximate surface area is 102 Å². The fourth-order valence-electron chi connectivity index (χ4n) is 2.10. The predicted molar refractivity (Wildman–Crippen MR) is 63.3 cm³/mol. The van der Waals surface area contributed by atoms with Crippen molar-refractivity contribution in [1.82, 2.24) is 5.32 Å². The molecule has 2 rings (SSSR count). The zero-order chi connectivity index (χ0) is 11.9. The number of rotatable bonds is 6. The van der Waals surface area contributed by atoms with E-state index in [1.54, 1.807) is 6.07 Å². The highest BCUT2D eigenvalue weighted by Gasteiger charge is 2.14. The summed E-state index contributed by atoms with van der Waals surface area (Å²) >= 11 is 0. The van der Waals surface area contributed by atoms with Crippen LogP contribution >= 0.6 is 0 Å². The monoisotopic (exact) mass is 234 g/mol. The predicted octanol–water partition coefficient (Wildman–Crippen LogP) is 2.20. The smallest absolute Gasteiger partial charge is 0.203 e. The van der Waals surface area contributed by atoms with Gasteiger partial charge in [-0.15, -0.1) is 0 Å². The number of hydrogen-bond acceptors (Lipinski definition) is 4. The summed E-state index contributed by atoms with van der Waals surface area (Å²) < 4.78 is 11.0. The molecule has 0 amide bonds. The summed E-state index contributed by atoms with van der Waals surface area (Å²) in [7, 11) is 0. The number of furan rings is 1. The van der Waals surface area contributed by atoms with Gasteiger partial charge in [-0.25, -0.2) is 0 Å². The van der Waals surface area contributed by atoms with Gasteiger partial charge >= 0.3 is 0 Å². The molecule has 0 radical (unpaired) electrons. The zero-order valence-electron chi connectivity index (χ0n) is 9.95. The highest BCUT2D eigenvalue weighted by Crippen LogP contribution is 2.20. The van der Waals surface area contributed by atoms with Crippen LogP contribution in [0.4, 0.5) is 0 Å². The van der Waals surface area contributed by atoms with Crippen molar-refractivity contribution in [2.24, 2.45) is 0 Å². The molecule has 1 saturated carbocycles. The van der Waals surface area contributed by atoms with Crippen LogP contribution in [0.3, 0.4) is 0 Å². The van der Waals surface area contributed by atoms with Gasteiger partial charge in [0.25, 0.3) is 0 Å². The van der Waals surface area contributed by atoms with Crippen LogP contribution in [0.15, 0.2) is 16.5 Å². The molecule has 0 aromatic carbocycles. The highest BCUT2D eigenvalue weighted by molar-refractivity contribution is 5.18. The quantitative estimate of drug-likeness (QED) is 0.767. The molecule has 17 heavy (non-hydrogen) atoms. The third-order valence-corrected chi connectivity index (χ3v) is 3.01. The van der Waals surface area contributed by atoms with Crippen LogP contribution in [-0.4, -0.2) is 19.3 Å². The number of ether oxygens (including phenoxy) is 1. The third-order valence-electron chi connectivity index (χ3n) is 3.01. The average Bonchev–Trinajstić information content (AvgIpc) is 2.99. The minimum absolute atomic E-state index is 0.365. The van der Waals surface area contributed by atoms with Gasteiger partial charge in [-0.05, 0) is 25.0 Å². The molecular formula is C13H18N2O2. The van der Waals surface area contributed by atoms with E-state index in [2.05, 4.69) is 5.32 Å². The van der Waals surface area contributed by atoms with Gasteiger partial charge < -0.3 is 14.5 Å². The molecule has 0 aliphatic heterocycles. The van der Waals surface area contributed by atoms with E-state index in [1.807, 2.05) is 12.1 Å². The van der Waals surface area contributed by atoms with Crippen LogP contribution < -0.4 is 5.32 Å². The lowest BCUT2D eigenvalue weighted by molar-refractivity contribution is 0.0601. The maximum absolute atomic E-state index is 8.60. The largest absolute Gasteiger partial charge is 0.449 e. The van der Waals surface area contributed by atoms with Gasteiger partial charge in [-0.2, -0.15) is 5.26 Å². The minimum atomic E-state index is 0.365. The van der Waals surface area contributed by atoms with Crippen LogP contribution in [0.5, 0.6) is 0 Å². The van der Waals surface area contributed by atoms with Gasteiger partial charge in [0.2, 0.25) is 5.76 Å².